The Labute approximate surface area is 117 Å². The number of carbonyl (C=O) groups is 3. The maximum Gasteiger partial charge on any atom is 0.318 e. The number of hydrogen-bond acceptors (Lipinski definition) is 3. The summed E-state index contributed by atoms with van der Waals surface area (Å²) in [4.78, 5) is 35.9. The second-order valence-electron chi connectivity index (χ2n) is 5.42. The van der Waals surface area contributed by atoms with Gasteiger partial charge in [-0.05, 0) is 12.3 Å². The molecule has 0 aromatic heterocycles. The molecule has 0 aromatic rings. The zero-order valence-corrected chi connectivity index (χ0v) is 11.4. The first-order valence-corrected chi connectivity index (χ1v) is 7.12. The summed E-state index contributed by atoms with van der Waals surface area (Å²) >= 11 is 0. The minimum Gasteiger partial charge on any atom is -0.481 e. The van der Waals surface area contributed by atoms with Gasteiger partial charge in [0.15, 0.2) is 0 Å². The Bertz CT molecular complexity index is 395. The highest BCUT2D eigenvalue weighted by molar-refractivity contribution is 5.91. The maximum absolute atomic E-state index is 12.1. The summed E-state index contributed by atoms with van der Waals surface area (Å²) in [6.07, 6.45) is 4.32. The molecule has 20 heavy (non-hydrogen) atoms. The summed E-state index contributed by atoms with van der Waals surface area (Å²) in [7, 11) is 0. The number of hydrogen-bond donors (Lipinski definition) is 3. The van der Waals surface area contributed by atoms with Crippen LogP contribution < -0.4 is 10.6 Å². The van der Waals surface area contributed by atoms with Crippen LogP contribution in [-0.4, -0.2) is 53.6 Å². The molecule has 2 fully saturated rings. The van der Waals surface area contributed by atoms with E-state index in [9.17, 15) is 14.4 Å². The molecule has 3 N–H and O–H groups in total. The molecule has 112 valence electrons. The quantitative estimate of drug-likeness (QED) is 0.669. The van der Waals surface area contributed by atoms with E-state index in [4.69, 9.17) is 5.11 Å². The van der Waals surface area contributed by atoms with Gasteiger partial charge in [-0.25, -0.2) is 4.79 Å². The fraction of sp³-hybridized carbons (Fsp3) is 0.769. The summed E-state index contributed by atoms with van der Waals surface area (Å²) in [6, 6.07) is -1.25. The van der Waals surface area contributed by atoms with E-state index < -0.39 is 17.9 Å². The second-order valence-corrected chi connectivity index (χ2v) is 5.42. The summed E-state index contributed by atoms with van der Waals surface area (Å²) in [5.41, 5.74) is 0. The fourth-order valence-corrected chi connectivity index (χ4v) is 2.59. The Morgan fingerprint density at radius 3 is 2.75 bits per heavy atom. The number of nitrogens with one attached hydrogen (secondary N) is 2. The van der Waals surface area contributed by atoms with E-state index in [1.54, 1.807) is 0 Å². The van der Waals surface area contributed by atoms with Crippen LogP contribution in [0.25, 0.3) is 0 Å². The average molecular weight is 283 g/mol. The number of aliphatic carboxylic acids is 1. The maximum atomic E-state index is 12.1. The Morgan fingerprint density at radius 2 is 2.15 bits per heavy atom. The number of urea groups is 1. The van der Waals surface area contributed by atoms with Crippen LogP contribution in [0.1, 0.15) is 32.1 Å². The van der Waals surface area contributed by atoms with Crippen LogP contribution in [0.15, 0.2) is 0 Å². The zero-order chi connectivity index (χ0) is 14.5. The first-order valence-electron chi connectivity index (χ1n) is 7.12. The van der Waals surface area contributed by atoms with Crippen molar-refractivity contribution in [3.63, 3.8) is 0 Å². The highest BCUT2D eigenvalue weighted by atomic mass is 16.4. The number of rotatable bonds is 5. The third kappa shape index (κ3) is 3.61. The minimum absolute atomic E-state index is 0.342. The molecule has 1 aliphatic carbocycles. The largest absolute Gasteiger partial charge is 0.481 e. The predicted molar refractivity (Wildman–Crippen MR) is 71.1 cm³/mol. The average Bonchev–Trinajstić information content (AvgIpc) is 2.34. The van der Waals surface area contributed by atoms with Crippen LogP contribution in [0.2, 0.25) is 0 Å². The molecule has 7 nitrogen and oxygen atoms in total. The van der Waals surface area contributed by atoms with Crippen molar-refractivity contribution in [2.75, 3.05) is 19.6 Å². The molecule has 2 rings (SSSR count). The number of carbonyl (C=O) groups excluding carboxylic acids is 2. The number of piperazine rings is 1. The van der Waals surface area contributed by atoms with Crippen molar-refractivity contribution in [2.45, 2.75) is 38.1 Å². The smallest absolute Gasteiger partial charge is 0.318 e. The lowest BCUT2D eigenvalue weighted by Gasteiger charge is -2.34. The van der Waals surface area contributed by atoms with Gasteiger partial charge in [-0.3, -0.25) is 9.59 Å². The second kappa shape index (κ2) is 6.58. The van der Waals surface area contributed by atoms with Gasteiger partial charge < -0.3 is 20.6 Å². The van der Waals surface area contributed by atoms with E-state index in [2.05, 4.69) is 10.6 Å². The van der Waals surface area contributed by atoms with Gasteiger partial charge in [0.25, 0.3) is 0 Å². The van der Waals surface area contributed by atoms with Crippen molar-refractivity contribution in [2.24, 2.45) is 5.92 Å². The lowest BCUT2D eigenvalue weighted by Crippen LogP contribution is -2.60. The standard InChI is InChI=1S/C13H21N3O4/c17-11(18)8-10-12(19)14-6-7-16(10)13(20)15-5-4-9-2-1-3-9/h9-10H,1-8H2,(H,14,19)(H,15,20)(H,17,18). The molecule has 1 aliphatic heterocycles. The molecule has 1 unspecified atom stereocenters. The van der Waals surface area contributed by atoms with Crippen LogP contribution in [0, 0.1) is 5.92 Å². The van der Waals surface area contributed by atoms with E-state index in [1.165, 1.54) is 24.2 Å². The molecule has 0 radical (unpaired) electrons. The molecule has 1 heterocycles. The van der Waals surface area contributed by atoms with Crippen LogP contribution in [0.4, 0.5) is 4.79 Å². The van der Waals surface area contributed by atoms with Crippen molar-refractivity contribution in [3.8, 4) is 0 Å². The molecule has 0 aromatic carbocycles. The Kier molecular flexibility index (Phi) is 4.81. The normalized spacial score (nSPS) is 22.9. The fourth-order valence-electron chi connectivity index (χ4n) is 2.59. The molecule has 7 heteroatoms. The Balaban J connectivity index is 1.84. The lowest BCUT2D eigenvalue weighted by atomic mass is 9.83. The zero-order valence-electron chi connectivity index (χ0n) is 11.4. The molecule has 1 saturated heterocycles. The van der Waals surface area contributed by atoms with Gasteiger partial charge in [0, 0.05) is 19.6 Å². The third-order valence-electron chi connectivity index (χ3n) is 4.01. The van der Waals surface area contributed by atoms with Gasteiger partial charge in [-0.2, -0.15) is 0 Å². The Morgan fingerprint density at radius 1 is 1.40 bits per heavy atom. The van der Waals surface area contributed by atoms with Gasteiger partial charge in [0.05, 0.1) is 6.42 Å². The summed E-state index contributed by atoms with van der Waals surface area (Å²) in [5, 5.41) is 14.2. The summed E-state index contributed by atoms with van der Waals surface area (Å²) in [5.74, 6) is -0.776. The summed E-state index contributed by atoms with van der Waals surface area (Å²) in [6.45, 7) is 1.30. The summed E-state index contributed by atoms with van der Waals surface area (Å²) < 4.78 is 0. The van der Waals surface area contributed by atoms with Crippen molar-refractivity contribution < 1.29 is 19.5 Å². The van der Waals surface area contributed by atoms with Gasteiger partial charge in [0.2, 0.25) is 5.91 Å². The van der Waals surface area contributed by atoms with Crippen LogP contribution in [-0.2, 0) is 9.59 Å². The van der Waals surface area contributed by atoms with Crippen LogP contribution >= 0.6 is 0 Å². The molecular formula is C13H21N3O4. The van der Waals surface area contributed by atoms with E-state index in [1.807, 2.05) is 0 Å². The third-order valence-corrected chi connectivity index (χ3v) is 4.01. The van der Waals surface area contributed by atoms with Gasteiger partial charge in [-0.15, -0.1) is 0 Å². The number of carboxylic acid groups (broad SMARTS) is 1. The Hall–Kier alpha value is -1.79. The number of carboxylic acids is 1. The molecule has 1 saturated carbocycles. The van der Waals surface area contributed by atoms with Crippen molar-refractivity contribution in [1.29, 1.82) is 0 Å². The van der Waals surface area contributed by atoms with Gasteiger partial charge >= 0.3 is 12.0 Å². The molecule has 2 aliphatic rings. The monoisotopic (exact) mass is 283 g/mol. The van der Waals surface area contributed by atoms with E-state index in [0.717, 1.165) is 6.42 Å². The minimum atomic E-state index is -1.08. The van der Waals surface area contributed by atoms with E-state index in [0.29, 0.717) is 25.6 Å². The molecular weight excluding hydrogens is 262 g/mol. The first kappa shape index (κ1) is 14.6. The predicted octanol–water partition coefficient (Wildman–Crippen LogP) is 0.161. The number of nitrogens with zero attached hydrogens (tertiary/aromatic N) is 1. The topological polar surface area (TPSA) is 98.7 Å². The van der Waals surface area contributed by atoms with Crippen molar-refractivity contribution in [1.82, 2.24) is 15.5 Å². The molecule has 0 spiro atoms. The van der Waals surface area contributed by atoms with Gasteiger partial charge in [0.1, 0.15) is 6.04 Å². The van der Waals surface area contributed by atoms with Gasteiger partial charge in [-0.1, -0.05) is 19.3 Å². The van der Waals surface area contributed by atoms with E-state index >= 15 is 0 Å². The highest BCUT2D eigenvalue weighted by Gasteiger charge is 2.34. The van der Waals surface area contributed by atoms with Crippen LogP contribution in [0.3, 0.4) is 0 Å². The number of amides is 3. The van der Waals surface area contributed by atoms with E-state index in [-0.39, 0.29) is 12.5 Å². The first-order chi connectivity index (χ1) is 9.58. The lowest BCUT2D eigenvalue weighted by molar-refractivity contribution is -0.142. The molecule has 1 atom stereocenters. The van der Waals surface area contributed by atoms with Crippen molar-refractivity contribution in [3.05, 3.63) is 0 Å². The highest BCUT2D eigenvalue weighted by Crippen LogP contribution is 2.28. The molecule has 0 bridgehead atoms. The molecule has 3 amide bonds. The SMILES string of the molecule is O=C(O)CC1C(=O)NCCN1C(=O)NCCC1CCC1. The van der Waals surface area contributed by atoms with Crippen LogP contribution in [0.5, 0.6) is 0 Å². The van der Waals surface area contributed by atoms with Crippen molar-refractivity contribution >= 4 is 17.9 Å².